The van der Waals surface area contributed by atoms with E-state index in [9.17, 15) is 13.2 Å². The van der Waals surface area contributed by atoms with E-state index in [0.29, 0.717) is 12.0 Å². The van der Waals surface area contributed by atoms with E-state index in [0.717, 1.165) is 0 Å². The highest BCUT2D eigenvalue weighted by Gasteiger charge is 2.32. The minimum atomic E-state index is -2.97. The molecule has 2 heterocycles. The van der Waals surface area contributed by atoms with Gasteiger partial charge >= 0.3 is 0 Å². The Morgan fingerprint density at radius 3 is 2.82 bits per heavy atom. The van der Waals surface area contributed by atoms with E-state index >= 15 is 0 Å². The second kappa shape index (κ2) is 4.44. The Labute approximate surface area is 100 Å². The number of amides is 1. The van der Waals surface area contributed by atoms with Crippen LogP contribution in [0.4, 0.5) is 0 Å². The van der Waals surface area contributed by atoms with Crippen molar-refractivity contribution in [1.29, 1.82) is 0 Å². The second-order valence-electron chi connectivity index (χ2n) is 4.21. The average molecular weight is 254 g/mol. The lowest BCUT2D eigenvalue weighted by molar-refractivity contribution is 0.0747. The smallest absolute Gasteiger partial charge is 0.255 e. The summed E-state index contributed by atoms with van der Waals surface area (Å²) in [6, 6.07) is 3.15. The molecule has 1 amide bonds. The van der Waals surface area contributed by atoms with Crippen molar-refractivity contribution >= 4 is 15.7 Å². The number of rotatable bonds is 2. The number of pyridine rings is 1. The van der Waals surface area contributed by atoms with Gasteiger partial charge in [0.25, 0.3) is 5.91 Å². The topological polar surface area (TPSA) is 67.3 Å². The van der Waals surface area contributed by atoms with Gasteiger partial charge in [-0.05, 0) is 18.6 Å². The number of nitrogens with zero attached hydrogens (tertiary/aromatic N) is 2. The fourth-order valence-electron chi connectivity index (χ4n) is 1.94. The zero-order valence-corrected chi connectivity index (χ0v) is 10.4. The van der Waals surface area contributed by atoms with Gasteiger partial charge in [0.1, 0.15) is 0 Å². The van der Waals surface area contributed by atoms with Gasteiger partial charge in [-0.1, -0.05) is 0 Å². The highest BCUT2D eigenvalue weighted by Crippen LogP contribution is 2.18. The average Bonchev–Trinajstić information content (AvgIpc) is 2.69. The Hall–Kier alpha value is -1.43. The molecular formula is C11H14N2O3S. The minimum absolute atomic E-state index is 0.0650. The van der Waals surface area contributed by atoms with Gasteiger partial charge in [0, 0.05) is 25.5 Å². The second-order valence-corrected chi connectivity index (χ2v) is 6.44. The fraction of sp³-hybridized carbons (Fsp3) is 0.455. The molecule has 0 aliphatic carbocycles. The molecule has 1 aromatic rings. The van der Waals surface area contributed by atoms with E-state index in [1.54, 1.807) is 25.4 Å². The molecule has 0 radical (unpaired) electrons. The van der Waals surface area contributed by atoms with Gasteiger partial charge < -0.3 is 4.90 Å². The van der Waals surface area contributed by atoms with Crippen molar-refractivity contribution in [1.82, 2.24) is 9.88 Å². The molecule has 0 N–H and O–H groups in total. The Bertz CT molecular complexity index is 513. The van der Waals surface area contributed by atoms with E-state index in [1.165, 1.54) is 11.1 Å². The Balaban J connectivity index is 2.11. The summed E-state index contributed by atoms with van der Waals surface area (Å²) in [6.07, 6.45) is 3.60. The Morgan fingerprint density at radius 2 is 2.29 bits per heavy atom. The van der Waals surface area contributed by atoms with E-state index in [-0.39, 0.29) is 23.5 Å². The van der Waals surface area contributed by atoms with Crippen LogP contribution in [0.15, 0.2) is 24.5 Å². The number of hydrogen-bond acceptors (Lipinski definition) is 4. The van der Waals surface area contributed by atoms with Crippen LogP contribution in [-0.4, -0.2) is 48.8 Å². The maximum absolute atomic E-state index is 12.0. The standard InChI is InChI=1S/C11H14N2O3S/c1-13(10-4-6-17(15,16)8-10)11(14)9-3-2-5-12-7-9/h2-3,5,7,10H,4,6,8H2,1H3/t10-/m1/s1. The molecule has 1 aliphatic heterocycles. The molecule has 17 heavy (non-hydrogen) atoms. The van der Waals surface area contributed by atoms with E-state index < -0.39 is 9.84 Å². The quantitative estimate of drug-likeness (QED) is 0.763. The molecule has 2 rings (SSSR count). The van der Waals surface area contributed by atoms with Crippen LogP contribution in [0.25, 0.3) is 0 Å². The molecule has 0 bridgehead atoms. The van der Waals surface area contributed by atoms with Gasteiger partial charge in [-0.2, -0.15) is 0 Å². The maximum Gasteiger partial charge on any atom is 0.255 e. The highest BCUT2D eigenvalue weighted by atomic mass is 32.2. The number of hydrogen-bond donors (Lipinski definition) is 0. The van der Waals surface area contributed by atoms with Crippen LogP contribution in [-0.2, 0) is 9.84 Å². The van der Waals surface area contributed by atoms with Crippen molar-refractivity contribution in [3.63, 3.8) is 0 Å². The van der Waals surface area contributed by atoms with Crippen LogP contribution in [0, 0.1) is 0 Å². The molecular weight excluding hydrogens is 240 g/mol. The summed E-state index contributed by atoms with van der Waals surface area (Å²) in [5.41, 5.74) is 0.485. The molecule has 0 saturated carbocycles. The molecule has 92 valence electrons. The third-order valence-corrected chi connectivity index (χ3v) is 4.74. The predicted molar refractivity (Wildman–Crippen MR) is 63.4 cm³/mol. The predicted octanol–water partition coefficient (Wildman–Crippen LogP) is 0.341. The largest absolute Gasteiger partial charge is 0.338 e. The molecule has 0 aromatic carbocycles. The number of carbonyl (C=O) groups excluding carboxylic acids is 1. The number of sulfone groups is 1. The van der Waals surface area contributed by atoms with Crippen LogP contribution in [0.2, 0.25) is 0 Å². The van der Waals surface area contributed by atoms with Gasteiger partial charge in [-0.15, -0.1) is 0 Å². The van der Waals surface area contributed by atoms with Gasteiger partial charge in [0.2, 0.25) is 0 Å². The van der Waals surface area contributed by atoms with E-state index in [4.69, 9.17) is 0 Å². The normalized spacial score (nSPS) is 22.3. The van der Waals surface area contributed by atoms with Crippen molar-refractivity contribution < 1.29 is 13.2 Å². The lowest BCUT2D eigenvalue weighted by atomic mass is 10.2. The monoisotopic (exact) mass is 254 g/mol. The summed E-state index contributed by atoms with van der Waals surface area (Å²) in [4.78, 5) is 17.4. The molecule has 1 atom stereocenters. The highest BCUT2D eigenvalue weighted by molar-refractivity contribution is 7.91. The third-order valence-electron chi connectivity index (χ3n) is 2.98. The summed E-state index contributed by atoms with van der Waals surface area (Å²) in [6.45, 7) is 0. The Morgan fingerprint density at radius 1 is 1.53 bits per heavy atom. The van der Waals surface area contributed by atoms with E-state index in [1.807, 2.05) is 0 Å². The third kappa shape index (κ3) is 2.63. The van der Waals surface area contributed by atoms with Crippen LogP contribution < -0.4 is 0 Å². The first-order valence-corrected chi connectivity index (χ1v) is 7.19. The first-order valence-electron chi connectivity index (χ1n) is 5.37. The van der Waals surface area contributed by atoms with Crippen molar-refractivity contribution in [3.8, 4) is 0 Å². The zero-order chi connectivity index (χ0) is 12.5. The SMILES string of the molecule is CN(C(=O)c1cccnc1)[C@@H]1CCS(=O)(=O)C1. The molecule has 6 heteroatoms. The van der Waals surface area contributed by atoms with Gasteiger partial charge in [-0.25, -0.2) is 8.42 Å². The van der Waals surface area contributed by atoms with Crippen LogP contribution in [0.3, 0.4) is 0 Å². The van der Waals surface area contributed by atoms with Crippen LogP contribution in [0.5, 0.6) is 0 Å². The molecule has 1 saturated heterocycles. The first-order chi connectivity index (χ1) is 7.99. The maximum atomic E-state index is 12.0. The number of carbonyl (C=O) groups is 1. The van der Waals surface area contributed by atoms with Crippen LogP contribution >= 0.6 is 0 Å². The molecule has 0 spiro atoms. The summed E-state index contributed by atoms with van der Waals surface area (Å²) < 4.78 is 22.7. The van der Waals surface area contributed by atoms with Gasteiger partial charge in [0.05, 0.1) is 17.1 Å². The summed E-state index contributed by atoms with van der Waals surface area (Å²) >= 11 is 0. The summed E-state index contributed by atoms with van der Waals surface area (Å²) in [7, 11) is -1.33. The Kier molecular flexibility index (Phi) is 3.15. The van der Waals surface area contributed by atoms with Gasteiger partial charge in [-0.3, -0.25) is 9.78 Å². The molecule has 0 unspecified atom stereocenters. The fourth-order valence-corrected chi connectivity index (χ4v) is 3.71. The zero-order valence-electron chi connectivity index (χ0n) is 9.54. The number of aromatic nitrogens is 1. The van der Waals surface area contributed by atoms with Gasteiger partial charge in [0.15, 0.2) is 9.84 Å². The molecule has 1 aliphatic rings. The van der Waals surface area contributed by atoms with Crippen LogP contribution in [0.1, 0.15) is 16.8 Å². The molecule has 1 aromatic heterocycles. The first kappa shape index (κ1) is 12.0. The van der Waals surface area contributed by atoms with Crippen molar-refractivity contribution in [3.05, 3.63) is 30.1 Å². The van der Waals surface area contributed by atoms with Crippen molar-refractivity contribution in [2.24, 2.45) is 0 Å². The van der Waals surface area contributed by atoms with Crippen molar-refractivity contribution in [2.75, 3.05) is 18.6 Å². The summed E-state index contributed by atoms with van der Waals surface area (Å²) in [5, 5.41) is 0. The molecule has 5 nitrogen and oxygen atoms in total. The lowest BCUT2D eigenvalue weighted by Gasteiger charge is -2.23. The minimum Gasteiger partial charge on any atom is -0.338 e. The molecule has 1 fully saturated rings. The van der Waals surface area contributed by atoms with E-state index in [2.05, 4.69) is 4.98 Å². The lowest BCUT2D eigenvalue weighted by Crippen LogP contribution is -2.37. The van der Waals surface area contributed by atoms with Crippen molar-refractivity contribution in [2.45, 2.75) is 12.5 Å². The summed E-state index contributed by atoms with van der Waals surface area (Å²) in [5.74, 6) is 0.0536.